The van der Waals surface area contributed by atoms with Crippen LogP contribution in [0.2, 0.25) is 0 Å². The average molecular weight is 294 g/mol. The van der Waals surface area contributed by atoms with E-state index in [9.17, 15) is 13.2 Å². The van der Waals surface area contributed by atoms with Crippen LogP contribution in [0.15, 0.2) is 48.8 Å². The van der Waals surface area contributed by atoms with E-state index in [1.54, 1.807) is 35.2 Å². The number of benzene rings is 1. The lowest BCUT2D eigenvalue weighted by molar-refractivity contribution is -0.137. The number of hydrogen-bond donors (Lipinski definition) is 1. The highest BCUT2D eigenvalue weighted by molar-refractivity contribution is 7.71. The van der Waals surface area contributed by atoms with Crippen molar-refractivity contribution >= 4 is 23.1 Å². The Morgan fingerprint density at radius 1 is 1.05 bits per heavy atom. The van der Waals surface area contributed by atoms with E-state index in [1.807, 2.05) is 0 Å². The number of aromatic nitrogens is 2. The van der Waals surface area contributed by atoms with E-state index >= 15 is 0 Å². The summed E-state index contributed by atoms with van der Waals surface area (Å²) >= 11 is 4.95. The fourth-order valence-electron chi connectivity index (χ4n) is 2.08. The molecule has 6 heteroatoms. The number of H-pyrrole nitrogens is 1. The fraction of sp³-hybridized carbons (Fsp3) is 0.0714. The van der Waals surface area contributed by atoms with E-state index in [-0.39, 0.29) is 0 Å². The predicted molar refractivity (Wildman–Crippen MR) is 73.5 cm³/mol. The first kappa shape index (κ1) is 12.9. The Balaban J connectivity index is 2.21. The van der Waals surface area contributed by atoms with Crippen molar-refractivity contribution in [3.63, 3.8) is 0 Å². The molecule has 0 atom stereocenters. The molecule has 2 nitrogen and oxygen atoms in total. The van der Waals surface area contributed by atoms with Crippen LogP contribution in [0, 0.1) is 4.64 Å². The third kappa shape index (κ3) is 2.22. The Bertz CT molecular complexity index is 810. The zero-order valence-electron chi connectivity index (χ0n) is 10.1. The summed E-state index contributed by atoms with van der Waals surface area (Å²) in [6, 6.07) is 8.95. The van der Waals surface area contributed by atoms with Gasteiger partial charge in [0.05, 0.1) is 16.8 Å². The number of hydrogen-bond acceptors (Lipinski definition) is 1. The summed E-state index contributed by atoms with van der Waals surface area (Å²) in [6.45, 7) is 0. The van der Waals surface area contributed by atoms with Crippen LogP contribution in [0.3, 0.4) is 0 Å². The molecule has 0 aliphatic carbocycles. The third-order valence-corrected chi connectivity index (χ3v) is 3.32. The summed E-state index contributed by atoms with van der Waals surface area (Å²) in [4.78, 5) is 2.87. The van der Waals surface area contributed by atoms with Crippen molar-refractivity contribution in [2.75, 3.05) is 0 Å². The van der Waals surface area contributed by atoms with Crippen molar-refractivity contribution in [2.45, 2.75) is 6.18 Å². The molecule has 0 saturated carbocycles. The summed E-state index contributed by atoms with van der Waals surface area (Å²) in [5.74, 6) is 0. The Hall–Kier alpha value is -2.08. The quantitative estimate of drug-likeness (QED) is 0.645. The summed E-state index contributed by atoms with van der Waals surface area (Å²) < 4.78 is 40.6. The van der Waals surface area contributed by atoms with Gasteiger partial charge in [-0.15, -0.1) is 0 Å². The maximum Gasteiger partial charge on any atom is 0.416 e. The van der Waals surface area contributed by atoms with Crippen LogP contribution in [0.25, 0.3) is 16.6 Å². The number of rotatable bonds is 1. The standard InChI is InChI=1S/C14H9F3N2S/c15-14(16,17)10-2-1-9-5-6-19(12(9)7-10)11-3-4-13(20)18-8-11/h1-8H,(H,18,20). The zero-order valence-corrected chi connectivity index (χ0v) is 10.9. The van der Waals surface area contributed by atoms with Crippen LogP contribution in [0.4, 0.5) is 13.2 Å². The highest BCUT2D eigenvalue weighted by atomic mass is 32.1. The molecular weight excluding hydrogens is 285 g/mol. The van der Waals surface area contributed by atoms with Crippen LogP contribution < -0.4 is 0 Å². The molecule has 0 unspecified atom stereocenters. The number of alkyl halides is 3. The Morgan fingerprint density at radius 2 is 1.85 bits per heavy atom. The molecule has 1 N–H and O–H groups in total. The summed E-state index contributed by atoms with van der Waals surface area (Å²) in [5, 5.41) is 0.750. The molecule has 2 aromatic heterocycles. The Labute approximate surface area is 117 Å². The van der Waals surface area contributed by atoms with Gasteiger partial charge in [0.15, 0.2) is 0 Å². The molecule has 3 rings (SSSR count). The van der Waals surface area contributed by atoms with Crippen molar-refractivity contribution in [1.82, 2.24) is 9.55 Å². The summed E-state index contributed by atoms with van der Waals surface area (Å²) in [7, 11) is 0. The first-order chi connectivity index (χ1) is 9.45. The lowest BCUT2D eigenvalue weighted by Crippen LogP contribution is -2.04. The molecule has 0 aliphatic heterocycles. The van der Waals surface area contributed by atoms with Crippen LogP contribution in [0.5, 0.6) is 0 Å². The molecule has 20 heavy (non-hydrogen) atoms. The minimum Gasteiger partial charge on any atom is -0.351 e. The van der Waals surface area contributed by atoms with Crippen LogP contribution in [-0.4, -0.2) is 9.55 Å². The topological polar surface area (TPSA) is 20.7 Å². The molecule has 2 heterocycles. The average Bonchev–Trinajstić information content (AvgIpc) is 2.81. The number of fused-ring (bicyclic) bond motifs is 1. The molecule has 0 amide bonds. The number of aromatic amines is 1. The van der Waals surface area contributed by atoms with Crippen molar-refractivity contribution in [2.24, 2.45) is 0 Å². The van der Waals surface area contributed by atoms with Gasteiger partial charge in [0.1, 0.15) is 4.64 Å². The molecule has 3 aromatic rings. The van der Waals surface area contributed by atoms with Crippen LogP contribution in [-0.2, 0) is 6.18 Å². The van der Waals surface area contributed by atoms with E-state index in [2.05, 4.69) is 4.98 Å². The van der Waals surface area contributed by atoms with Gasteiger partial charge in [-0.1, -0.05) is 18.3 Å². The van der Waals surface area contributed by atoms with E-state index in [0.717, 1.165) is 23.2 Å². The maximum absolute atomic E-state index is 12.8. The van der Waals surface area contributed by atoms with Crippen molar-refractivity contribution in [1.29, 1.82) is 0 Å². The van der Waals surface area contributed by atoms with E-state index in [4.69, 9.17) is 12.2 Å². The fourth-order valence-corrected chi connectivity index (χ4v) is 2.21. The van der Waals surface area contributed by atoms with Crippen molar-refractivity contribution in [3.05, 3.63) is 59.0 Å². The number of nitrogens with zero attached hydrogens (tertiary/aromatic N) is 1. The van der Waals surface area contributed by atoms with E-state index in [0.29, 0.717) is 10.2 Å². The van der Waals surface area contributed by atoms with Gasteiger partial charge in [0.25, 0.3) is 0 Å². The normalized spacial score (nSPS) is 11.9. The monoisotopic (exact) mass is 294 g/mol. The van der Waals surface area contributed by atoms with Gasteiger partial charge >= 0.3 is 6.18 Å². The first-order valence-corrected chi connectivity index (χ1v) is 6.23. The summed E-state index contributed by atoms with van der Waals surface area (Å²) in [5.41, 5.74) is 0.576. The largest absolute Gasteiger partial charge is 0.416 e. The second-order valence-electron chi connectivity index (χ2n) is 4.37. The van der Waals surface area contributed by atoms with E-state index in [1.165, 1.54) is 6.07 Å². The van der Waals surface area contributed by atoms with Gasteiger partial charge in [-0.3, -0.25) is 0 Å². The van der Waals surface area contributed by atoms with Crippen molar-refractivity contribution in [3.8, 4) is 5.69 Å². The molecular formula is C14H9F3N2S. The minimum atomic E-state index is -4.35. The van der Waals surface area contributed by atoms with Crippen LogP contribution >= 0.6 is 12.2 Å². The second kappa shape index (κ2) is 4.49. The lowest BCUT2D eigenvalue weighted by Gasteiger charge is -2.09. The van der Waals surface area contributed by atoms with Gasteiger partial charge in [-0.05, 0) is 35.7 Å². The lowest BCUT2D eigenvalue weighted by atomic mass is 10.1. The minimum absolute atomic E-state index is 0.505. The molecule has 0 radical (unpaired) electrons. The zero-order chi connectivity index (χ0) is 14.3. The van der Waals surface area contributed by atoms with Gasteiger partial charge in [0.2, 0.25) is 0 Å². The Kier molecular flexibility index (Phi) is 2.90. The molecule has 0 aliphatic rings. The number of halogens is 3. The molecule has 0 saturated heterocycles. The predicted octanol–water partition coefficient (Wildman–Crippen LogP) is 4.71. The smallest absolute Gasteiger partial charge is 0.351 e. The summed E-state index contributed by atoms with van der Waals surface area (Å²) in [6.07, 6.45) is -0.945. The highest BCUT2D eigenvalue weighted by Crippen LogP contribution is 2.32. The van der Waals surface area contributed by atoms with Gasteiger partial charge in [-0.2, -0.15) is 13.2 Å². The molecule has 0 bridgehead atoms. The number of pyridine rings is 1. The maximum atomic E-state index is 12.8. The third-order valence-electron chi connectivity index (χ3n) is 3.07. The molecule has 0 fully saturated rings. The first-order valence-electron chi connectivity index (χ1n) is 5.82. The Morgan fingerprint density at radius 3 is 2.50 bits per heavy atom. The van der Waals surface area contributed by atoms with Gasteiger partial charge < -0.3 is 9.55 Å². The van der Waals surface area contributed by atoms with Gasteiger partial charge in [-0.25, -0.2) is 0 Å². The number of nitrogens with one attached hydrogen (secondary N) is 1. The van der Waals surface area contributed by atoms with Crippen LogP contribution in [0.1, 0.15) is 5.56 Å². The van der Waals surface area contributed by atoms with E-state index < -0.39 is 11.7 Å². The molecule has 0 spiro atoms. The SMILES string of the molecule is FC(F)(F)c1ccc2ccn(-c3ccc(=S)[nH]c3)c2c1. The van der Waals surface area contributed by atoms with Crippen molar-refractivity contribution < 1.29 is 13.2 Å². The molecule has 1 aromatic carbocycles. The van der Waals surface area contributed by atoms with Gasteiger partial charge in [0, 0.05) is 12.4 Å². The second-order valence-corrected chi connectivity index (χ2v) is 4.81. The highest BCUT2D eigenvalue weighted by Gasteiger charge is 2.30. The molecule has 102 valence electrons.